The van der Waals surface area contributed by atoms with Gasteiger partial charge in [0.15, 0.2) is 11.5 Å². The van der Waals surface area contributed by atoms with Crippen LogP contribution < -0.4 is 9.47 Å². The number of rotatable bonds is 13. The Bertz CT molecular complexity index is 1250. The summed E-state index contributed by atoms with van der Waals surface area (Å²) in [5.74, 6) is 1.37. The largest absolute Gasteiger partial charge is 0.507 e. The Morgan fingerprint density at radius 3 is 2.55 bits per heavy atom. The van der Waals surface area contributed by atoms with Crippen LogP contribution in [0.4, 0.5) is 0 Å². The van der Waals surface area contributed by atoms with Gasteiger partial charge in [-0.15, -0.1) is 0 Å². The molecule has 8 nitrogen and oxygen atoms in total. The molecule has 0 saturated heterocycles. The molecule has 1 unspecified atom stereocenters. The highest BCUT2D eigenvalue weighted by Gasteiger charge is 2.42. The Kier molecular flexibility index (Phi) is 8.94. The van der Waals surface area contributed by atoms with Crippen molar-refractivity contribution >= 4 is 5.91 Å². The highest BCUT2D eigenvalue weighted by Crippen LogP contribution is 2.46. The second-order valence-electron chi connectivity index (χ2n) is 9.78. The summed E-state index contributed by atoms with van der Waals surface area (Å²) in [4.78, 5) is 15.5. The van der Waals surface area contributed by atoms with Gasteiger partial charge in [-0.25, -0.2) is 0 Å². The minimum Gasteiger partial charge on any atom is -0.507 e. The van der Waals surface area contributed by atoms with E-state index in [1.165, 1.54) is 0 Å². The fraction of sp³-hybridized carbons (Fsp3) is 0.467. The van der Waals surface area contributed by atoms with E-state index < -0.39 is 6.04 Å². The van der Waals surface area contributed by atoms with E-state index in [0.29, 0.717) is 61.2 Å². The van der Waals surface area contributed by atoms with E-state index in [1.807, 2.05) is 49.9 Å². The molecule has 0 fully saturated rings. The van der Waals surface area contributed by atoms with Crippen LogP contribution in [0.15, 0.2) is 30.3 Å². The van der Waals surface area contributed by atoms with Crippen molar-refractivity contribution in [3.05, 3.63) is 58.3 Å². The number of nitrogens with zero attached hydrogens (tertiary/aromatic N) is 2. The number of unbranched alkanes of at least 4 members (excludes halogenated alkanes) is 2. The number of aromatic amines is 1. The van der Waals surface area contributed by atoms with E-state index in [9.17, 15) is 9.90 Å². The third-order valence-electron chi connectivity index (χ3n) is 6.90. The maximum atomic E-state index is 13.6. The van der Waals surface area contributed by atoms with Gasteiger partial charge in [-0.1, -0.05) is 31.9 Å². The lowest BCUT2D eigenvalue weighted by Crippen LogP contribution is -2.31. The van der Waals surface area contributed by atoms with Gasteiger partial charge in [0.2, 0.25) is 0 Å². The number of phenols is 1. The van der Waals surface area contributed by atoms with E-state index in [2.05, 4.69) is 17.1 Å². The van der Waals surface area contributed by atoms with Crippen LogP contribution in [0.25, 0.3) is 11.3 Å². The Labute approximate surface area is 224 Å². The van der Waals surface area contributed by atoms with Gasteiger partial charge in [0.05, 0.1) is 19.3 Å². The predicted octanol–water partition coefficient (Wildman–Crippen LogP) is 5.95. The molecule has 0 bridgehead atoms. The highest BCUT2D eigenvalue weighted by molar-refractivity contribution is 6.00. The number of benzene rings is 2. The van der Waals surface area contributed by atoms with Gasteiger partial charge in [0.25, 0.3) is 5.91 Å². The summed E-state index contributed by atoms with van der Waals surface area (Å²) in [5, 5.41) is 18.4. The molecule has 38 heavy (non-hydrogen) atoms. The van der Waals surface area contributed by atoms with Crippen molar-refractivity contribution in [3.8, 4) is 28.5 Å². The number of carbonyl (C=O) groups excluding carboxylic acids is 1. The Morgan fingerprint density at radius 2 is 1.84 bits per heavy atom. The number of aryl methyl sites for hydroxylation is 2. The van der Waals surface area contributed by atoms with Crippen molar-refractivity contribution in [2.24, 2.45) is 0 Å². The summed E-state index contributed by atoms with van der Waals surface area (Å²) in [5.41, 5.74) is 5.16. The molecule has 1 atom stereocenters. The van der Waals surface area contributed by atoms with Crippen molar-refractivity contribution < 1.29 is 24.1 Å². The first-order valence-electron chi connectivity index (χ1n) is 13.5. The molecule has 1 aliphatic rings. The second kappa shape index (κ2) is 12.3. The molecule has 0 aliphatic carbocycles. The molecule has 1 amide bonds. The quantitative estimate of drug-likeness (QED) is 0.270. The number of carbonyl (C=O) groups is 1. The molecular formula is C30H39N3O5. The van der Waals surface area contributed by atoms with E-state index in [4.69, 9.17) is 14.2 Å². The number of aromatic hydroxyl groups is 1. The first-order chi connectivity index (χ1) is 18.4. The van der Waals surface area contributed by atoms with Crippen LogP contribution in [-0.4, -0.2) is 59.6 Å². The smallest absolute Gasteiger partial charge is 0.273 e. The SMILES string of the molecule is CCCCCOc1ccc(C2c3c(-c4c(C)cc(C)cc4O)n[nH]c3C(=O)N2CCCOC)cc1OCC. The van der Waals surface area contributed by atoms with Gasteiger partial charge in [0.1, 0.15) is 17.1 Å². The monoisotopic (exact) mass is 521 g/mol. The fourth-order valence-corrected chi connectivity index (χ4v) is 5.21. The summed E-state index contributed by atoms with van der Waals surface area (Å²) in [6.45, 7) is 10.2. The normalized spacial score (nSPS) is 14.7. The van der Waals surface area contributed by atoms with Crippen molar-refractivity contribution in [1.82, 2.24) is 15.1 Å². The maximum Gasteiger partial charge on any atom is 0.273 e. The Morgan fingerprint density at radius 1 is 1.03 bits per heavy atom. The number of H-pyrrole nitrogens is 1. The standard InChI is InChI=1S/C30H39N3O5/c1-6-8-9-15-38-23-12-11-21(18-24(23)37-7-2)29-26-27(25-20(4)16-19(3)17-22(25)34)31-32-28(26)30(35)33(29)13-10-14-36-5/h11-12,16-18,29,34H,6-10,13-15H2,1-5H3,(H,31,32). The molecule has 3 aromatic rings. The molecular weight excluding hydrogens is 482 g/mol. The minimum absolute atomic E-state index is 0.123. The number of amides is 1. The molecule has 2 N–H and O–H groups in total. The third-order valence-corrected chi connectivity index (χ3v) is 6.90. The van der Waals surface area contributed by atoms with Crippen LogP contribution in [0.1, 0.15) is 78.3 Å². The second-order valence-corrected chi connectivity index (χ2v) is 9.78. The van der Waals surface area contributed by atoms with Crippen molar-refractivity contribution in [1.29, 1.82) is 0 Å². The summed E-state index contributed by atoms with van der Waals surface area (Å²) < 4.78 is 17.3. The third kappa shape index (κ3) is 5.50. The molecule has 204 valence electrons. The van der Waals surface area contributed by atoms with E-state index in [0.717, 1.165) is 41.5 Å². The van der Waals surface area contributed by atoms with Crippen molar-refractivity contribution in [3.63, 3.8) is 0 Å². The first kappa shape index (κ1) is 27.5. The predicted molar refractivity (Wildman–Crippen MR) is 147 cm³/mol. The highest BCUT2D eigenvalue weighted by atomic mass is 16.5. The topological polar surface area (TPSA) is 96.9 Å². The fourth-order valence-electron chi connectivity index (χ4n) is 5.21. The number of phenolic OH excluding ortho intramolecular Hbond substituents is 1. The molecule has 0 saturated carbocycles. The van der Waals surface area contributed by atoms with Crippen LogP contribution in [-0.2, 0) is 4.74 Å². The molecule has 1 aliphatic heterocycles. The zero-order valence-electron chi connectivity index (χ0n) is 23.1. The van der Waals surface area contributed by atoms with Crippen LogP contribution in [0, 0.1) is 13.8 Å². The van der Waals surface area contributed by atoms with E-state index >= 15 is 0 Å². The summed E-state index contributed by atoms with van der Waals surface area (Å²) in [7, 11) is 1.66. The molecule has 2 aromatic carbocycles. The summed E-state index contributed by atoms with van der Waals surface area (Å²) in [6.07, 6.45) is 3.91. The number of methoxy groups -OCH3 is 1. The molecule has 0 spiro atoms. The van der Waals surface area contributed by atoms with Crippen LogP contribution in [0.5, 0.6) is 17.2 Å². The first-order valence-corrected chi connectivity index (χ1v) is 13.5. The lowest BCUT2D eigenvalue weighted by atomic mass is 9.93. The number of hydrogen-bond acceptors (Lipinski definition) is 6. The number of fused-ring (bicyclic) bond motifs is 1. The summed E-state index contributed by atoms with van der Waals surface area (Å²) in [6, 6.07) is 9.22. The van der Waals surface area contributed by atoms with Gasteiger partial charge in [-0.2, -0.15) is 5.10 Å². The number of hydrogen-bond donors (Lipinski definition) is 2. The Balaban J connectivity index is 1.80. The Hall–Kier alpha value is -3.52. The van der Waals surface area contributed by atoms with Crippen molar-refractivity contribution in [2.45, 2.75) is 59.4 Å². The molecule has 2 heterocycles. The van der Waals surface area contributed by atoms with E-state index in [-0.39, 0.29) is 11.7 Å². The van der Waals surface area contributed by atoms with Gasteiger partial charge in [0, 0.05) is 31.4 Å². The van der Waals surface area contributed by atoms with Gasteiger partial charge in [-0.05, 0) is 68.5 Å². The zero-order chi connectivity index (χ0) is 27.2. The number of ether oxygens (including phenoxy) is 3. The van der Waals surface area contributed by atoms with Gasteiger partial charge < -0.3 is 24.2 Å². The molecule has 4 rings (SSSR count). The lowest BCUT2D eigenvalue weighted by Gasteiger charge is -2.27. The lowest BCUT2D eigenvalue weighted by molar-refractivity contribution is 0.0723. The average Bonchev–Trinajstić information content (AvgIpc) is 3.41. The van der Waals surface area contributed by atoms with Crippen LogP contribution >= 0.6 is 0 Å². The number of nitrogens with one attached hydrogen (secondary N) is 1. The van der Waals surface area contributed by atoms with E-state index in [1.54, 1.807) is 13.2 Å². The van der Waals surface area contributed by atoms with Crippen molar-refractivity contribution in [2.75, 3.05) is 33.5 Å². The van der Waals surface area contributed by atoms with Crippen LogP contribution in [0.2, 0.25) is 0 Å². The molecule has 8 heteroatoms. The average molecular weight is 522 g/mol. The maximum absolute atomic E-state index is 13.6. The van der Waals surface area contributed by atoms with Crippen LogP contribution in [0.3, 0.4) is 0 Å². The molecule has 1 aromatic heterocycles. The van der Waals surface area contributed by atoms with Gasteiger partial charge in [-0.3, -0.25) is 9.89 Å². The number of aromatic nitrogens is 2. The van der Waals surface area contributed by atoms with Gasteiger partial charge >= 0.3 is 0 Å². The summed E-state index contributed by atoms with van der Waals surface area (Å²) >= 11 is 0. The minimum atomic E-state index is -0.406. The zero-order valence-corrected chi connectivity index (χ0v) is 23.1. The molecule has 0 radical (unpaired) electrons.